The topological polar surface area (TPSA) is 37.4 Å². The maximum absolute atomic E-state index is 13.7. The average Bonchev–Trinajstić information content (AvgIpc) is 2.81. The van der Waals surface area contributed by atoms with Crippen molar-refractivity contribution in [1.29, 1.82) is 0 Å². The van der Waals surface area contributed by atoms with Crippen LogP contribution in [-0.4, -0.2) is 19.3 Å². The van der Waals surface area contributed by atoms with Crippen molar-refractivity contribution in [2.24, 2.45) is 0 Å². The van der Waals surface area contributed by atoms with Crippen molar-refractivity contribution in [2.75, 3.05) is 6.54 Å². The molecule has 0 aromatic heterocycles. The summed E-state index contributed by atoms with van der Waals surface area (Å²) in [7, 11) is -3.62. The first-order valence-corrected chi connectivity index (χ1v) is 9.77. The first-order valence-electron chi connectivity index (χ1n) is 8.33. The highest BCUT2D eigenvalue weighted by Crippen LogP contribution is 2.35. The van der Waals surface area contributed by atoms with E-state index in [2.05, 4.69) is 0 Å². The fraction of sp³-hybridized carbons (Fsp3) is 0.368. The minimum absolute atomic E-state index is 0.312. The monoisotopic (exact) mass is 347 g/mol. The number of nitrogens with zero attached hydrogens (tertiary/aromatic N) is 1. The second kappa shape index (κ2) is 7.03. The molecule has 0 radical (unpaired) electrons. The van der Waals surface area contributed by atoms with Gasteiger partial charge in [0.2, 0.25) is 10.0 Å². The highest BCUT2D eigenvalue weighted by Gasteiger charge is 2.34. The van der Waals surface area contributed by atoms with Crippen molar-refractivity contribution >= 4 is 10.0 Å². The van der Waals surface area contributed by atoms with Crippen molar-refractivity contribution in [3.8, 4) is 0 Å². The Morgan fingerprint density at radius 1 is 1.04 bits per heavy atom. The first-order chi connectivity index (χ1) is 11.5. The van der Waals surface area contributed by atoms with Crippen LogP contribution in [0.2, 0.25) is 0 Å². The van der Waals surface area contributed by atoms with E-state index in [4.69, 9.17) is 0 Å². The Bertz CT molecular complexity index is 820. The van der Waals surface area contributed by atoms with Crippen molar-refractivity contribution in [3.63, 3.8) is 0 Å². The van der Waals surface area contributed by atoms with E-state index in [-0.39, 0.29) is 11.9 Å². The number of halogens is 1. The minimum Gasteiger partial charge on any atom is -0.207 e. The summed E-state index contributed by atoms with van der Waals surface area (Å²) in [4.78, 5) is 0.341. The van der Waals surface area contributed by atoms with Gasteiger partial charge in [-0.25, -0.2) is 12.8 Å². The molecule has 3 rings (SSSR count). The molecule has 2 aromatic rings. The van der Waals surface area contributed by atoms with Crippen LogP contribution in [0.5, 0.6) is 0 Å². The fourth-order valence-corrected chi connectivity index (χ4v) is 5.30. The van der Waals surface area contributed by atoms with Gasteiger partial charge in [-0.3, -0.25) is 0 Å². The van der Waals surface area contributed by atoms with Crippen LogP contribution in [-0.2, 0) is 10.0 Å². The van der Waals surface area contributed by atoms with Crippen molar-refractivity contribution in [1.82, 2.24) is 4.31 Å². The number of benzene rings is 2. The summed E-state index contributed by atoms with van der Waals surface area (Å²) in [5, 5.41) is 0. The van der Waals surface area contributed by atoms with E-state index in [0.717, 1.165) is 30.4 Å². The van der Waals surface area contributed by atoms with Gasteiger partial charge in [0.1, 0.15) is 5.82 Å². The predicted octanol–water partition coefficient (Wildman–Crippen LogP) is 4.44. The molecule has 0 amide bonds. The van der Waals surface area contributed by atoms with Gasteiger partial charge >= 0.3 is 0 Å². The molecule has 1 atom stereocenters. The maximum Gasteiger partial charge on any atom is 0.243 e. The number of aryl methyl sites for hydroxylation is 1. The molecule has 128 valence electrons. The van der Waals surface area contributed by atoms with E-state index < -0.39 is 10.0 Å². The van der Waals surface area contributed by atoms with Gasteiger partial charge in [-0.15, -0.1) is 0 Å². The molecule has 1 fully saturated rings. The van der Waals surface area contributed by atoms with Gasteiger partial charge < -0.3 is 0 Å². The van der Waals surface area contributed by atoms with Crippen LogP contribution in [0, 0.1) is 12.7 Å². The lowest BCUT2D eigenvalue weighted by Crippen LogP contribution is -2.35. The zero-order chi connectivity index (χ0) is 17.2. The molecule has 1 aliphatic heterocycles. The lowest BCUT2D eigenvalue weighted by Gasteiger charge is -2.30. The van der Waals surface area contributed by atoms with Crippen molar-refractivity contribution in [2.45, 2.75) is 43.5 Å². The van der Waals surface area contributed by atoms with Gasteiger partial charge in [0, 0.05) is 6.54 Å². The van der Waals surface area contributed by atoms with Gasteiger partial charge in [-0.1, -0.05) is 43.2 Å². The van der Waals surface area contributed by atoms with E-state index in [1.54, 1.807) is 22.5 Å². The normalized spacial score (nSPS) is 19.8. The standard InChI is InChI=1S/C19H22FNO2S/c1-15-8-4-5-12-19(15)24(22,23)21-13-6-2-3-11-18(21)16-9-7-10-17(20)14-16/h4-5,7-10,12,14,18H,2-3,6,11,13H2,1H3/t18-/m1/s1. The Morgan fingerprint density at radius 2 is 1.83 bits per heavy atom. The lowest BCUT2D eigenvalue weighted by atomic mass is 10.0. The zero-order valence-electron chi connectivity index (χ0n) is 13.8. The lowest BCUT2D eigenvalue weighted by molar-refractivity contribution is 0.328. The van der Waals surface area contributed by atoms with E-state index in [0.29, 0.717) is 17.9 Å². The fourth-order valence-electron chi connectivity index (χ4n) is 3.39. The zero-order valence-corrected chi connectivity index (χ0v) is 14.6. The predicted molar refractivity (Wildman–Crippen MR) is 92.7 cm³/mol. The Balaban J connectivity index is 2.06. The average molecular weight is 347 g/mol. The molecule has 0 unspecified atom stereocenters. The molecule has 2 aromatic carbocycles. The smallest absolute Gasteiger partial charge is 0.207 e. The third-order valence-electron chi connectivity index (χ3n) is 4.62. The molecule has 0 aliphatic carbocycles. The summed E-state index contributed by atoms with van der Waals surface area (Å²) in [6, 6.07) is 13.0. The molecule has 24 heavy (non-hydrogen) atoms. The molecule has 5 heteroatoms. The summed E-state index contributed by atoms with van der Waals surface area (Å²) >= 11 is 0. The van der Waals surface area contributed by atoms with E-state index in [1.807, 2.05) is 25.1 Å². The molecule has 3 nitrogen and oxygen atoms in total. The number of rotatable bonds is 3. The highest BCUT2D eigenvalue weighted by atomic mass is 32.2. The van der Waals surface area contributed by atoms with Crippen LogP contribution in [0.4, 0.5) is 4.39 Å². The molecule has 0 spiro atoms. The quantitative estimate of drug-likeness (QED) is 0.823. The Hall–Kier alpha value is -1.72. The van der Waals surface area contributed by atoms with Gasteiger partial charge in [-0.05, 0) is 49.1 Å². The van der Waals surface area contributed by atoms with Crippen LogP contribution in [0.15, 0.2) is 53.4 Å². The van der Waals surface area contributed by atoms with Gasteiger partial charge in [0.25, 0.3) is 0 Å². The van der Waals surface area contributed by atoms with Crippen molar-refractivity contribution in [3.05, 3.63) is 65.5 Å². The molecule has 1 saturated heterocycles. The summed E-state index contributed by atoms with van der Waals surface area (Å²) in [6.07, 6.45) is 3.48. The molecular weight excluding hydrogens is 325 g/mol. The molecule has 0 N–H and O–H groups in total. The Morgan fingerprint density at radius 3 is 2.58 bits per heavy atom. The third kappa shape index (κ3) is 3.37. The molecule has 0 bridgehead atoms. The van der Waals surface area contributed by atoms with Gasteiger partial charge in [0.15, 0.2) is 0 Å². The molecular formula is C19H22FNO2S. The Labute approximate surface area is 143 Å². The van der Waals surface area contributed by atoms with Crippen molar-refractivity contribution < 1.29 is 12.8 Å². The van der Waals surface area contributed by atoms with Crippen LogP contribution < -0.4 is 0 Å². The third-order valence-corrected chi connectivity index (χ3v) is 6.69. The van der Waals surface area contributed by atoms with Crippen LogP contribution >= 0.6 is 0 Å². The van der Waals surface area contributed by atoms with Gasteiger partial charge in [-0.2, -0.15) is 4.31 Å². The summed E-state index contributed by atoms with van der Waals surface area (Å²) in [6.45, 7) is 2.28. The second-order valence-electron chi connectivity index (χ2n) is 6.30. The van der Waals surface area contributed by atoms with E-state index in [1.165, 1.54) is 12.1 Å². The van der Waals surface area contributed by atoms with Crippen LogP contribution in [0.25, 0.3) is 0 Å². The van der Waals surface area contributed by atoms with Crippen LogP contribution in [0.3, 0.4) is 0 Å². The first kappa shape index (κ1) is 17.1. The highest BCUT2D eigenvalue weighted by molar-refractivity contribution is 7.89. The SMILES string of the molecule is Cc1ccccc1S(=O)(=O)N1CCCCC[C@@H]1c1cccc(F)c1. The summed E-state index contributed by atoms with van der Waals surface area (Å²) < 4.78 is 41.8. The van der Waals surface area contributed by atoms with Gasteiger partial charge in [0.05, 0.1) is 10.9 Å². The Kier molecular flexibility index (Phi) is 5.01. The number of hydrogen-bond acceptors (Lipinski definition) is 2. The van der Waals surface area contributed by atoms with E-state index in [9.17, 15) is 12.8 Å². The second-order valence-corrected chi connectivity index (χ2v) is 8.16. The maximum atomic E-state index is 13.7. The summed E-state index contributed by atoms with van der Waals surface area (Å²) in [5.41, 5.74) is 1.47. The van der Waals surface area contributed by atoms with E-state index >= 15 is 0 Å². The molecule has 1 heterocycles. The summed E-state index contributed by atoms with van der Waals surface area (Å²) in [5.74, 6) is -0.329. The molecule has 1 aliphatic rings. The molecule has 0 saturated carbocycles. The van der Waals surface area contributed by atoms with Crippen LogP contribution in [0.1, 0.15) is 42.9 Å². The minimum atomic E-state index is -3.62. The number of sulfonamides is 1. The number of hydrogen-bond donors (Lipinski definition) is 0. The largest absolute Gasteiger partial charge is 0.243 e.